The highest BCUT2D eigenvalue weighted by Gasteiger charge is 2.12. The summed E-state index contributed by atoms with van der Waals surface area (Å²) in [4.78, 5) is 24.3. The van der Waals surface area contributed by atoms with Crippen LogP contribution in [0.15, 0.2) is 22.7 Å². The van der Waals surface area contributed by atoms with E-state index in [2.05, 4.69) is 21.2 Å². The Morgan fingerprint density at radius 2 is 2.06 bits per heavy atom. The van der Waals surface area contributed by atoms with Crippen LogP contribution in [0.3, 0.4) is 0 Å². The molecule has 0 aliphatic heterocycles. The number of nitrogens with one attached hydrogen (secondary N) is 1. The van der Waals surface area contributed by atoms with Gasteiger partial charge < -0.3 is 10.2 Å². The summed E-state index contributed by atoms with van der Waals surface area (Å²) in [7, 11) is 3.27. The molecular weight excluding hydrogens is 303 g/mol. The van der Waals surface area contributed by atoms with Crippen molar-refractivity contribution in [2.24, 2.45) is 0 Å². The summed E-state index contributed by atoms with van der Waals surface area (Å²) in [5.74, 6) is -1.21. The maximum atomic E-state index is 13.4. The molecule has 0 unspecified atom stereocenters. The molecular formula is C12H14BrFN2O2. The van der Waals surface area contributed by atoms with Crippen molar-refractivity contribution in [2.75, 3.05) is 20.6 Å². The minimum absolute atomic E-state index is 0.0319. The van der Waals surface area contributed by atoms with Crippen molar-refractivity contribution in [3.63, 3.8) is 0 Å². The normalized spacial score (nSPS) is 10.0. The number of amides is 2. The second kappa shape index (κ2) is 6.49. The van der Waals surface area contributed by atoms with Gasteiger partial charge in [0.15, 0.2) is 0 Å². The second-order valence-corrected chi connectivity index (χ2v) is 4.83. The monoisotopic (exact) mass is 316 g/mol. The van der Waals surface area contributed by atoms with Crippen molar-refractivity contribution in [1.82, 2.24) is 10.2 Å². The molecule has 1 rings (SSSR count). The SMILES string of the molecule is CN(C)C(=O)CCNC(=O)c1ccc(Br)cc1F. The van der Waals surface area contributed by atoms with Crippen molar-refractivity contribution in [3.8, 4) is 0 Å². The molecule has 0 atom stereocenters. The van der Waals surface area contributed by atoms with Gasteiger partial charge in [-0.3, -0.25) is 9.59 Å². The fourth-order valence-electron chi connectivity index (χ4n) is 1.28. The highest BCUT2D eigenvalue weighted by atomic mass is 79.9. The van der Waals surface area contributed by atoms with Crippen LogP contribution >= 0.6 is 15.9 Å². The lowest BCUT2D eigenvalue weighted by Crippen LogP contribution is -2.30. The summed E-state index contributed by atoms with van der Waals surface area (Å²) in [6.07, 6.45) is 0.191. The number of hydrogen-bond acceptors (Lipinski definition) is 2. The lowest BCUT2D eigenvalue weighted by atomic mass is 10.2. The number of carbonyl (C=O) groups excluding carboxylic acids is 2. The van der Waals surface area contributed by atoms with Crippen LogP contribution < -0.4 is 5.32 Å². The summed E-state index contributed by atoms with van der Waals surface area (Å²) >= 11 is 3.11. The van der Waals surface area contributed by atoms with E-state index in [4.69, 9.17) is 0 Å². The molecule has 0 fully saturated rings. The molecule has 1 aromatic rings. The molecule has 6 heteroatoms. The maximum absolute atomic E-state index is 13.4. The summed E-state index contributed by atoms with van der Waals surface area (Å²) in [5.41, 5.74) is -0.0319. The Morgan fingerprint density at radius 3 is 2.61 bits per heavy atom. The minimum atomic E-state index is -0.596. The first-order chi connectivity index (χ1) is 8.41. The molecule has 0 aliphatic carbocycles. The maximum Gasteiger partial charge on any atom is 0.254 e. The molecule has 1 aromatic carbocycles. The van der Waals surface area contributed by atoms with Crippen LogP contribution in [0.2, 0.25) is 0 Å². The fourth-order valence-corrected chi connectivity index (χ4v) is 1.61. The van der Waals surface area contributed by atoms with Gasteiger partial charge in [-0.15, -0.1) is 0 Å². The number of halogens is 2. The Balaban J connectivity index is 2.53. The van der Waals surface area contributed by atoms with Gasteiger partial charge in [-0.05, 0) is 18.2 Å². The smallest absolute Gasteiger partial charge is 0.254 e. The van der Waals surface area contributed by atoms with Gasteiger partial charge in [-0.25, -0.2) is 4.39 Å². The summed E-state index contributed by atoms with van der Waals surface area (Å²) < 4.78 is 14.0. The minimum Gasteiger partial charge on any atom is -0.351 e. The average Bonchev–Trinajstić information content (AvgIpc) is 2.28. The molecule has 4 nitrogen and oxygen atoms in total. The van der Waals surface area contributed by atoms with Crippen molar-refractivity contribution in [3.05, 3.63) is 34.1 Å². The van der Waals surface area contributed by atoms with Crippen LogP contribution in [0.5, 0.6) is 0 Å². The summed E-state index contributed by atoms with van der Waals surface area (Å²) in [6, 6.07) is 4.20. The van der Waals surface area contributed by atoms with E-state index >= 15 is 0 Å². The van der Waals surface area contributed by atoms with Gasteiger partial charge in [0.25, 0.3) is 5.91 Å². The first-order valence-corrected chi connectivity index (χ1v) is 6.14. The second-order valence-electron chi connectivity index (χ2n) is 3.92. The fraction of sp³-hybridized carbons (Fsp3) is 0.333. The topological polar surface area (TPSA) is 49.4 Å². The van der Waals surface area contributed by atoms with Crippen molar-refractivity contribution < 1.29 is 14.0 Å². The molecule has 18 heavy (non-hydrogen) atoms. The highest BCUT2D eigenvalue weighted by molar-refractivity contribution is 9.10. The van der Waals surface area contributed by atoms with Gasteiger partial charge in [-0.2, -0.15) is 0 Å². The Labute approximate surface area is 113 Å². The van der Waals surface area contributed by atoms with Crippen LogP contribution in [0.25, 0.3) is 0 Å². The number of benzene rings is 1. The van der Waals surface area contributed by atoms with Crippen LogP contribution in [0, 0.1) is 5.82 Å². The van der Waals surface area contributed by atoms with Gasteiger partial charge in [0.05, 0.1) is 5.56 Å². The zero-order valence-corrected chi connectivity index (χ0v) is 11.8. The van der Waals surface area contributed by atoms with Crippen LogP contribution in [0.4, 0.5) is 4.39 Å². The van der Waals surface area contributed by atoms with Crippen LogP contribution in [0.1, 0.15) is 16.8 Å². The zero-order chi connectivity index (χ0) is 13.7. The summed E-state index contributed by atoms with van der Waals surface area (Å²) in [5, 5.41) is 2.50. The van der Waals surface area contributed by atoms with Crippen molar-refractivity contribution in [2.45, 2.75) is 6.42 Å². The van der Waals surface area contributed by atoms with Gasteiger partial charge in [-0.1, -0.05) is 15.9 Å². The molecule has 0 radical (unpaired) electrons. The Kier molecular flexibility index (Phi) is 5.27. The molecule has 98 valence electrons. The van der Waals surface area contributed by atoms with E-state index in [1.165, 1.54) is 17.0 Å². The van der Waals surface area contributed by atoms with Crippen molar-refractivity contribution in [1.29, 1.82) is 0 Å². The summed E-state index contributed by atoms with van der Waals surface area (Å²) in [6.45, 7) is 0.186. The first-order valence-electron chi connectivity index (χ1n) is 5.35. The molecule has 0 bridgehead atoms. The third-order valence-corrected chi connectivity index (χ3v) is 2.79. The van der Waals surface area contributed by atoms with Gasteiger partial charge in [0.2, 0.25) is 5.91 Å². The molecule has 0 spiro atoms. The Hall–Kier alpha value is -1.43. The molecule has 0 aromatic heterocycles. The quantitative estimate of drug-likeness (QED) is 0.920. The Bertz CT molecular complexity index is 463. The third kappa shape index (κ3) is 4.10. The highest BCUT2D eigenvalue weighted by Crippen LogP contribution is 2.15. The van der Waals surface area contributed by atoms with E-state index in [1.807, 2.05) is 0 Å². The van der Waals surface area contributed by atoms with E-state index in [0.717, 1.165) is 0 Å². The average molecular weight is 317 g/mol. The Morgan fingerprint density at radius 1 is 1.39 bits per heavy atom. The number of nitrogens with zero attached hydrogens (tertiary/aromatic N) is 1. The predicted molar refractivity (Wildman–Crippen MR) is 69.7 cm³/mol. The molecule has 0 saturated carbocycles. The molecule has 0 saturated heterocycles. The largest absolute Gasteiger partial charge is 0.351 e. The molecule has 1 N–H and O–H groups in total. The van der Waals surface area contributed by atoms with Gasteiger partial charge in [0, 0.05) is 31.5 Å². The van der Waals surface area contributed by atoms with Crippen LogP contribution in [-0.4, -0.2) is 37.4 Å². The zero-order valence-electron chi connectivity index (χ0n) is 10.2. The predicted octanol–water partition coefficient (Wildman–Crippen LogP) is 1.80. The lowest BCUT2D eigenvalue weighted by molar-refractivity contribution is -0.128. The molecule has 0 aliphatic rings. The molecule has 0 heterocycles. The van der Waals surface area contributed by atoms with E-state index in [-0.39, 0.29) is 24.4 Å². The van der Waals surface area contributed by atoms with E-state index < -0.39 is 11.7 Å². The van der Waals surface area contributed by atoms with E-state index in [9.17, 15) is 14.0 Å². The van der Waals surface area contributed by atoms with Crippen molar-refractivity contribution >= 4 is 27.7 Å². The third-order valence-electron chi connectivity index (χ3n) is 2.30. The number of carbonyl (C=O) groups is 2. The standard InChI is InChI=1S/C12H14BrFN2O2/c1-16(2)11(17)5-6-15-12(18)9-4-3-8(13)7-10(9)14/h3-4,7H,5-6H2,1-2H3,(H,15,18). The van der Waals surface area contributed by atoms with Crippen LogP contribution in [-0.2, 0) is 4.79 Å². The number of rotatable bonds is 4. The number of hydrogen-bond donors (Lipinski definition) is 1. The van der Waals surface area contributed by atoms with E-state index in [1.54, 1.807) is 20.2 Å². The molecule has 2 amide bonds. The van der Waals surface area contributed by atoms with E-state index in [0.29, 0.717) is 4.47 Å². The van der Waals surface area contributed by atoms with Gasteiger partial charge in [0.1, 0.15) is 5.82 Å². The first kappa shape index (κ1) is 14.6. The van der Waals surface area contributed by atoms with Gasteiger partial charge >= 0.3 is 0 Å². The lowest BCUT2D eigenvalue weighted by Gasteiger charge is -2.10.